The summed E-state index contributed by atoms with van der Waals surface area (Å²) in [5.74, 6) is 0.396. The lowest BCUT2D eigenvalue weighted by Crippen LogP contribution is -2.10. The third kappa shape index (κ3) is 6.08. The van der Waals surface area contributed by atoms with Gasteiger partial charge in [0, 0.05) is 4.91 Å². The highest BCUT2D eigenvalue weighted by Crippen LogP contribution is 2.35. The van der Waals surface area contributed by atoms with E-state index < -0.39 is 20.2 Å². The highest BCUT2D eigenvalue weighted by molar-refractivity contribution is 8.18. The summed E-state index contributed by atoms with van der Waals surface area (Å²) in [5.41, 5.74) is 2.14. The highest BCUT2D eigenvalue weighted by atomic mass is 32.2. The van der Waals surface area contributed by atoms with Crippen molar-refractivity contribution in [1.82, 2.24) is 0 Å². The van der Waals surface area contributed by atoms with E-state index in [0.29, 0.717) is 16.2 Å². The van der Waals surface area contributed by atoms with Crippen molar-refractivity contribution >= 4 is 42.6 Å². The number of rotatable bonds is 8. The van der Waals surface area contributed by atoms with Crippen LogP contribution in [0.15, 0.2) is 105 Å². The van der Waals surface area contributed by atoms with Crippen molar-refractivity contribution in [3.05, 3.63) is 101 Å². The van der Waals surface area contributed by atoms with Crippen LogP contribution in [0.25, 0.3) is 5.57 Å². The van der Waals surface area contributed by atoms with Crippen LogP contribution >= 0.6 is 11.8 Å². The van der Waals surface area contributed by atoms with Gasteiger partial charge in [-0.2, -0.15) is 22.1 Å². The Kier molecular flexibility index (Phi) is 7.91. The first-order valence-electron chi connectivity index (χ1n) is 10.9. The van der Waals surface area contributed by atoms with Gasteiger partial charge in [0.15, 0.2) is 0 Å². The number of hydrogen-bond acceptors (Lipinski definition) is 10. The summed E-state index contributed by atoms with van der Waals surface area (Å²) in [6, 6.07) is 19.9. The Morgan fingerprint density at radius 1 is 0.842 bits per heavy atom. The summed E-state index contributed by atoms with van der Waals surface area (Å²) in [6.45, 7) is 1.89. The molecule has 0 aliphatic carbocycles. The Morgan fingerprint density at radius 3 is 2.05 bits per heavy atom. The number of allylic oxidation sites excluding steroid dienone is 2. The van der Waals surface area contributed by atoms with E-state index in [1.165, 1.54) is 43.5 Å². The van der Waals surface area contributed by atoms with Crippen molar-refractivity contribution < 1.29 is 30.0 Å². The van der Waals surface area contributed by atoms with Crippen LogP contribution in [0, 0.1) is 18.3 Å². The van der Waals surface area contributed by atoms with Gasteiger partial charge in [-0.3, -0.25) is 4.28 Å². The number of hydrogen-bond donors (Lipinski definition) is 0. The first-order chi connectivity index (χ1) is 18.1. The lowest BCUT2D eigenvalue weighted by atomic mass is 10.0. The van der Waals surface area contributed by atoms with E-state index in [2.05, 4.69) is 11.2 Å². The molecular formula is C26H20N2O7S3. The quantitative estimate of drug-likeness (QED) is 0.208. The summed E-state index contributed by atoms with van der Waals surface area (Å²) in [5, 5.41) is 13.6. The number of methoxy groups -OCH3 is 1. The van der Waals surface area contributed by atoms with Crippen molar-refractivity contribution in [2.45, 2.75) is 16.7 Å². The molecule has 3 aromatic rings. The monoisotopic (exact) mass is 568 g/mol. The maximum absolute atomic E-state index is 12.6. The van der Waals surface area contributed by atoms with Crippen molar-refractivity contribution in [1.29, 1.82) is 5.26 Å². The Bertz CT molecular complexity index is 1700. The lowest BCUT2D eigenvalue weighted by molar-refractivity contribution is 0.340. The number of ether oxygens (including phenoxy) is 1. The van der Waals surface area contributed by atoms with E-state index >= 15 is 0 Å². The molecule has 4 rings (SSSR count). The fourth-order valence-electron chi connectivity index (χ4n) is 3.32. The largest absolute Gasteiger partial charge is 0.497 e. The molecule has 0 spiro atoms. The van der Waals surface area contributed by atoms with E-state index in [0.717, 1.165) is 35.0 Å². The van der Waals surface area contributed by atoms with Crippen LogP contribution in [0.4, 0.5) is 0 Å². The van der Waals surface area contributed by atoms with Gasteiger partial charge < -0.3 is 8.92 Å². The average Bonchev–Trinajstić information content (AvgIpc) is 3.38. The number of aryl methyl sites for hydroxylation is 1. The van der Waals surface area contributed by atoms with E-state index in [9.17, 15) is 22.1 Å². The fourth-order valence-corrected chi connectivity index (χ4v) is 5.86. The second kappa shape index (κ2) is 11.1. The van der Waals surface area contributed by atoms with E-state index in [-0.39, 0.29) is 20.6 Å². The van der Waals surface area contributed by atoms with Gasteiger partial charge in [-0.15, -0.1) is 0 Å². The third-order valence-electron chi connectivity index (χ3n) is 5.26. The second-order valence-electron chi connectivity index (χ2n) is 7.74. The molecule has 1 heterocycles. The minimum absolute atomic E-state index is 0.0876. The molecule has 0 aromatic heterocycles. The fraction of sp³-hybridized carbons (Fsp3) is 0.0769. The van der Waals surface area contributed by atoms with Crippen molar-refractivity contribution in [2.24, 2.45) is 5.16 Å². The van der Waals surface area contributed by atoms with Gasteiger partial charge in [-0.25, -0.2) is 0 Å². The van der Waals surface area contributed by atoms with E-state index in [4.69, 9.17) is 13.2 Å². The standard InChI is InChI=1S/C26H20N2O7S3/c1-18-5-3-4-6-23(18)24(17-27)25-15-16-26(36-25)28-35-38(31,32)22-13-9-20(10-14-22)34-37(29,30)21-11-7-19(33-2)8-12-21/h3-16H,1-2H3/b25-24-,28-26?. The topological polar surface area (TPSA) is 132 Å². The second-order valence-corrected chi connectivity index (χ2v) is 11.9. The zero-order valence-electron chi connectivity index (χ0n) is 20.1. The predicted octanol–water partition coefficient (Wildman–Crippen LogP) is 5.03. The predicted molar refractivity (Wildman–Crippen MR) is 143 cm³/mol. The maximum Gasteiger partial charge on any atom is 0.358 e. The molecule has 9 nitrogen and oxygen atoms in total. The first kappa shape index (κ1) is 27.0. The van der Waals surface area contributed by atoms with Gasteiger partial charge in [0.25, 0.3) is 0 Å². The summed E-state index contributed by atoms with van der Waals surface area (Å²) >= 11 is 1.10. The van der Waals surface area contributed by atoms with Gasteiger partial charge in [0.2, 0.25) is 0 Å². The normalized spacial score (nSPS) is 15.7. The van der Waals surface area contributed by atoms with Crippen molar-refractivity contribution in [3.8, 4) is 17.6 Å². The number of benzene rings is 3. The van der Waals surface area contributed by atoms with Crippen LogP contribution in [-0.4, -0.2) is 29.0 Å². The first-order valence-corrected chi connectivity index (χ1v) is 14.5. The molecule has 0 saturated heterocycles. The molecule has 12 heteroatoms. The lowest BCUT2D eigenvalue weighted by Gasteiger charge is -2.08. The Labute approximate surface area is 224 Å². The molecule has 0 atom stereocenters. The maximum atomic E-state index is 12.6. The van der Waals surface area contributed by atoms with Crippen molar-refractivity contribution in [3.63, 3.8) is 0 Å². The molecule has 194 valence electrons. The van der Waals surface area contributed by atoms with Crippen LogP contribution in [-0.2, 0) is 24.5 Å². The number of nitrogens with zero attached hydrogens (tertiary/aromatic N) is 2. The molecule has 0 amide bonds. The number of nitriles is 1. The van der Waals surface area contributed by atoms with Crippen LogP contribution in [0.5, 0.6) is 11.5 Å². The minimum Gasteiger partial charge on any atom is -0.497 e. The van der Waals surface area contributed by atoms with Crippen LogP contribution in [0.2, 0.25) is 0 Å². The third-order valence-corrected chi connectivity index (χ3v) is 8.62. The molecule has 3 aromatic carbocycles. The van der Waals surface area contributed by atoms with Gasteiger partial charge >= 0.3 is 20.2 Å². The van der Waals surface area contributed by atoms with Crippen LogP contribution < -0.4 is 8.92 Å². The van der Waals surface area contributed by atoms with E-state index in [1.54, 1.807) is 12.2 Å². The van der Waals surface area contributed by atoms with Gasteiger partial charge in [-0.05, 0) is 78.7 Å². The van der Waals surface area contributed by atoms with Crippen molar-refractivity contribution in [2.75, 3.05) is 7.11 Å². The minimum atomic E-state index is -4.30. The molecule has 0 N–H and O–H groups in total. The molecule has 1 aliphatic rings. The smallest absolute Gasteiger partial charge is 0.358 e. The van der Waals surface area contributed by atoms with Crippen LogP contribution in [0.1, 0.15) is 11.1 Å². The highest BCUT2D eigenvalue weighted by Gasteiger charge is 2.21. The summed E-state index contributed by atoms with van der Waals surface area (Å²) in [4.78, 5) is 0.268. The molecule has 0 radical (unpaired) electrons. The van der Waals surface area contributed by atoms with E-state index in [1.807, 2.05) is 31.2 Å². The molecule has 0 unspecified atom stereocenters. The summed E-state index contributed by atoms with van der Waals surface area (Å²) < 4.78 is 65.1. The number of thioether (sulfide) groups is 1. The van der Waals surface area contributed by atoms with Gasteiger partial charge in [0.1, 0.15) is 32.4 Å². The zero-order chi connectivity index (χ0) is 27.3. The molecular weight excluding hydrogens is 548 g/mol. The Hall–Kier alpha value is -4.05. The van der Waals surface area contributed by atoms with Crippen LogP contribution in [0.3, 0.4) is 0 Å². The molecule has 38 heavy (non-hydrogen) atoms. The molecule has 0 bridgehead atoms. The molecule has 0 saturated carbocycles. The van der Waals surface area contributed by atoms with Gasteiger partial charge in [0.05, 0.1) is 12.7 Å². The average molecular weight is 569 g/mol. The summed E-state index contributed by atoms with van der Waals surface area (Å²) in [6.07, 6.45) is 3.21. The number of oxime groups is 1. The van der Waals surface area contributed by atoms with Gasteiger partial charge in [-0.1, -0.05) is 41.2 Å². The Balaban J connectivity index is 1.45. The SMILES string of the molecule is COc1ccc(S(=O)(=O)Oc2ccc(S(=O)(=O)ON=C3C=C/C(=C(\C#N)c4ccccc4C)S3)cc2)cc1. The molecule has 0 fully saturated rings. The molecule has 1 aliphatic heterocycles. The zero-order valence-corrected chi connectivity index (χ0v) is 22.5. The summed E-state index contributed by atoms with van der Waals surface area (Å²) in [7, 11) is -6.99. The Morgan fingerprint density at radius 2 is 1.45 bits per heavy atom.